The third-order valence-electron chi connectivity index (χ3n) is 3.01. The van der Waals surface area contributed by atoms with Crippen LogP contribution in [0.5, 0.6) is 5.75 Å². The lowest BCUT2D eigenvalue weighted by molar-refractivity contribution is 0.339. The van der Waals surface area contributed by atoms with Crippen molar-refractivity contribution in [2.75, 3.05) is 13.7 Å². The molecule has 2 rings (SSSR count). The first kappa shape index (κ1) is 13.9. The highest BCUT2D eigenvalue weighted by molar-refractivity contribution is 6.31. The van der Waals surface area contributed by atoms with E-state index < -0.39 is 0 Å². The van der Waals surface area contributed by atoms with E-state index in [4.69, 9.17) is 16.3 Å². The first-order valence-corrected chi connectivity index (χ1v) is 6.78. The van der Waals surface area contributed by atoms with Gasteiger partial charge in [-0.2, -0.15) is 0 Å². The molecule has 0 aliphatic carbocycles. The second-order valence-corrected chi connectivity index (χ2v) is 4.66. The van der Waals surface area contributed by atoms with Crippen LogP contribution in [-0.4, -0.2) is 13.7 Å². The highest BCUT2D eigenvalue weighted by Gasteiger charge is 2.15. The molecule has 100 valence electrons. The molecule has 0 spiro atoms. The number of rotatable bonds is 5. The summed E-state index contributed by atoms with van der Waals surface area (Å²) < 4.78 is 5.55. The fourth-order valence-electron chi connectivity index (χ4n) is 2.16. The molecule has 0 fully saturated rings. The Hall–Kier alpha value is -1.51. The van der Waals surface area contributed by atoms with Gasteiger partial charge in [-0.15, -0.1) is 0 Å². The molecule has 2 aromatic carbocycles. The Balaban J connectivity index is 2.37. The minimum atomic E-state index is 0.0640. The summed E-state index contributed by atoms with van der Waals surface area (Å²) in [4.78, 5) is 0. The van der Waals surface area contributed by atoms with Gasteiger partial charge in [-0.05, 0) is 43.3 Å². The minimum Gasteiger partial charge on any atom is -0.494 e. The van der Waals surface area contributed by atoms with Crippen molar-refractivity contribution in [2.45, 2.75) is 13.0 Å². The molecule has 0 saturated heterocycles. The summed E-state index contributed by atoms with van der Waals surface area (Å²) >= 11 is 6.28. The van der Waals surface area contributed by atoms with Crippen molar-refractivity contribution in [1.82, 2.24) is 5.32 Å². The topological polar surface area (TPSA) is 21.3 Å². The maximum atomic E-state index is 6.28. The molecule has 3 heteroatoms. The summed E-state index contributed by atoms with van der Waals surface area (Å²) in [6.07, 6.45) is 0. The van der Waals surface area contributed by atoms with Crippen LogP contribution < -0.4 is 10.1 Å². The summed E-state index contributed by atoms with van der Waals surface area (Å²) in [5.41, 5.74) is 2.21. The predicted molar refractivity (Wildman–Crippen MR) is 80.0 cm³/mol. The van der Waals surface area contributed by atoms with Crippen LogP contribution in [0.1, 0.15) is 24.1 Å². The molecule has 1 atom stereocenters. The van der Waals surface area contributed by atoms with Gasteiger partial charge in [-0.25, -0.2) is 0 Å². The zero-order chi connectivity index (χ0) is 13.7. The lowest BCUT2D eigenvalue weighted by Gasteiger charge is -2.19. The van der Waals surface area contributed by atoms with Crippen LogP contribution >= 0.6 is 11.6 Å². The second kappa shape index (κ2) is 6.60. The Morgan fingerprint density at radius 1 is 1.16 bits per heavy atom. The SMILES string of the molecule is CCOc1cccc(C(NC)c2ccccc2Cl)c1. The molecule has 0 aromatic heterocycles. The van der Waals surface area contributed by atoms with Crippen molar-refractivity contribution < 1.29 is 4.74 Å². The molecule has 0 saturated carbocycles. The van der Waals surface area contributed by atoms with E-state index in [9.17, 15) is 0 Å². The molecule has 19 heavy (non-hydrogen) atoms. The summed E-state index contributed by atoms with van der Waals surface area (Å²) in [6, 6.07) is 16.0. The van der Waals surface area contributed by atoms with E-state index in [0.717, 1.165) is 21.9 Å². The Bertz CT molecular complexity index is 542. The minimum absolute atomic E-state index is 0.0640. The van der Waals surface area contributed by atoms with Gasteiger partial charge in [-0.3, -0.25) is 0 Å². The van der Waals surface area contributed by atoms with Crippen molar-refractivity contribution in [3.63, 3.8) is 0 Å². The van der Waals surface area contributed by atoms with E-state index in [1.165, 1.54) is 0 Å². The molecule has 0 aliphatic rings. The van der Waals surface area contributed by atoms with E-state index in [1.807, 2.05) is 56.4 Å². The second-order valence-electron chi connectivity index (χ2n) is 4.25. The van der Waals surface area contributed by atoms with Crippen LogP contribution in [0.25, 0.3) is 0 Å². The zero-order valence-electron chi connectivity index (χ0n) is 11.2. The quantitative estimate of drug-likeness (QED) is 0.889. The van der Waals surface area contributed by atoms with Gasteiger partial charge >= 0.3 is 0 Å². The third kappa shape index (κ3) is 3.28. The average Bonchev–Trinajstić information content (AvgIpc) is 2.43. The van der Waals surface area contributed by atoms with Crippen molar-refractivity contribution >= 4 is 11.6 Å². The lowest BCUT2D eigenvalue weighted by Crippen LogP contribution is -2.18. The van der Waals surface area contributed by atoms with Gasteiger partial charge < -0.3 is 10.1 Å². The van der Waals surface area contributed by atoms with E-state index in [2.05, 4.69) is 11.4 Å². The van der Waals surface area contributed by atoms with Crippen LogP contribution in [-0.2, 0) is 0 Å². The number of hydrogen-bond donors (Lipinski definition) is 1. The molecule has 0 aliphatic heterocycles. The number of halogens is 1. The largest absolute Gasteiger partial charge is 0.494 e. The highest BCUT2D eigenvalue weighted by atomic mass is 35.5. The zero-order valence-corrected chi connectivity index (χ0v) is 11.9. The van der Waals surface area contributed by atoms with Crippen molar-refractivity contribution in [3.8, 4) is 5.75 Å². The standard InChI is InChI=1S/C16H18ClNO/c1-3-19-13-8-6-7-12(11-13)16(18-2)14-9-4-5-10-15(14)17/h4-11,16,18H,3H2,1-2H3. The number of hydrogen-bond acceptors (Lipinski definition) is 2. The summed E-state index contributed by atoms with van der Waals surface area (Å²) in [6.45, 7) is 2.65. The highest BCUT2D eigenvalue weighted by Crippen LogP contribution is 2.29. The lowest BCUT2D eigenvalue weighted by atomic mass is 9.98. The smallest absolute Gasteiger partial charge is 0.119 e. The fourth-order valence-corrected chi connectivity index (χ4v) is 2.41. The fraction of sp³-hybridized carbons (Fsp3) is 0.250. The van der Waals surface area contributed by atoms with Crippen molar-refractivity contribution in [1.29, 1.82) is 0 Å². The Morgan fingerprint density at radius 2 is 1.95 bits per heavy atom. The van der Waals surface area contributed by atoms with Gasteiger partial charge in [0.25, 0.3) is 0 Å². The van der Waals surface area contributed by atoms with Gasteiger partial charge in [0.2, 0.25) is 0 Å². The van der Waals surface area contributed by atoms with Crippen LogP contribution in [0.4, 0.5) is 0 Å². The van der Waals surface area contributed by atoms with Crippen molar-refractivity contribution in [2.24, 2.45) is 0 Å². The maximum absolute atomic E-state index is 6.28. The average molecular weight is 276 g/mol. The molecule has 2 aromatic rings. The number of ether oxygens (including phenoxy) is 1. The van der Waals surface area contributed by atoms with Gasteiger partial charge in [-0.1, -0.05) is 41.9 Å². The van der Waals surface area contributed by atoms with E-state index in [1.54, 1.807) is 0 Å². The molecular weight excluding hydrogens is 258 g/mol. The van der Waals surface area contributed by atoms with Gasteiger partial charge in [0, 0.05) is 5.02 Å². The molecule has 0 radical (unpaired) electrons. The van der Waals surface area contributed by atoms with E-state index >= 15 is 0 Å². The number of benzene rings is 2. The maximum Gasteiger partial charge on any atom is 0.119 e. The molecule has 0 amide bonds. The molecule has 1 N–H and O–H groups in total. The third-order valence-corrected chi connectivity index (χ3v) is 3.35. The van der Waals surface area contributed by atoms with E-state index in [-0.39, 0.29) is 6.04 Å². The predicted octanol–water partition coefficient (Wildman–Crippen LogP) is 4.05. The summed E-state index contributed by atoms with van der Waals surface area (Å²) in [7, 11) is 1.93. The van der Waals surface area contributed by atoms with Gasteiger partial charge in [0.15, 0.2) is 0 Å². The van der Waals surface area contributed by atoms with Gasteiger partial charge in [0.05, 0.1) is 12.6 Å². The van der Waals surface area contributed by atoms with Crippen LogP contribution in [0.2, 0.25) is 5.02 Å². The molecule has 2 nitrogen and oxygen atoms in total. The van der Waals surface area contributed by atoms with Gasteiger partial charge in [0.1, 0.15) is 5.75 Å². The van der Waals surface area contributed by atoms with E-state index in [0.29, 0.717) is 6.61 Å². The number of nitrogens with one attached hydrogen (secondary N) is 1. The van der Waals surface area contributed by atoms with Crippen molar-refractivity contribution in [3.05, 3.63) is 64.7 Å². The molecule has 0 bridgehead atoms. The summed E-state index contributed by atoms with van der Waals surface area (Å²) in [5.74, 6) is 0.882. The van der Waals surface area contributed by atoms with Crippen LogP contribution in [0, 0.1) is 0 Å². The molecule has 1 unspecified atom stereocenters. The monoisotopic (exact) mass is 275 g/mol. The first-order valence-electron chi connectivity index (χ1n) is 6.40. The Kier molecular flexibility index (Phi) is 4.83. The first-order chi connectivity index (χ1) is 9.26. The van der Waals surface area contributed by atoms with Crippen LogP contribution in [0.3, 0.4) is 0 Å². The summed E-state index contributed by atoms with van der Waals surface area (Å²) in [5, 5.41) is 4.07. The molecular formula is C16H18ClNO. The van der Waals surface area contributed by atoms with Crippen LogP contribution in [0.15, 0.2) is 48.5 Å². The Morgan fingerprint density at radius 3 is 2.63 bits per heavy atom. The molecule has 0 heterocycles. The normalized spacial score (nSPS) is 12.2. The Labute approximate surface area is 119 Å².